The van der Waals surface area contributed by atoms with Gasteiger partial charge in [0.25, 0.3) is 5.35 Å². The highest BCUT2D eigenvalue weighted by Gasteiger charge is 2.03. The fourth-order valence-corrected chi connectivity index (χ4v) is 1.41. The summed E-state index contributed by atoms with van der Waals surface area (Å²) in [4.78, 5) is 3.99. The van der Waals surface area contributed by atoms with Crippen LogP contribution in [0.1, 0.15) is 0 Å². The molecule has 2 nitrogen and oxygen atoms in total. The predicted molar refractivity (Wildman–Crippen MR) is 54.6 cm³/mol. The number of oxazole rings is 1. The maximum absolute atomic E-state index is 5.55. The van der Waals surface area contributed by atoms with Crippen LogP contribution < -0.4 is 0 Å². The molecule has 13 heavy (non-hydrogen) atoms. The van der Waals surface area contributed by atoms with Gasteiger partial charge < -0.3 is 4.42 Å². The zero-order chi connectivity index (χ0) is 9.26. The Balaban J connectivity index is 2.41. The molecule has 0 saturated heterocycles. The molecule has 2 aromatic rings. The summed E-state index contributed by atoms with van der Waals surface area (Å²) < 4.78 is 5.92. The van der Waals surface area contributed by atoms with Gasteiger partial charge >= 0.3 is 0 Å². The predicted octanol–water partition coefficient (Wildman–Crippen LogP) is 3.76. The normalized spacial score (nSPS) is 10.3. The molecule has 0 fully saturated rings. The Hall–Kier alpha value is -0.800. The van der Waals surface area contributed by atoms with E-state index in [9.17, 15) is 0 Å². The molecular formula is C9H5BrClNO. The van der Waals surface area contributed by atoms with E-state index in [1.807, 2.05) is 24.3 Å². The summed E-state index contributed by atoms with van der Waals surface area (Å²) in [6.07, 6.45) is 1.53. The smallest absolute Gasteiger partial charge is 0.292 e. The van der Waals surface area contributed by atoms with E-state index in [0.29, 0.717) is 0 Å². The van der Waals surface area contributed by atoms with Crippen molar-refractivity contribution < 1.29 is 4.42 Å². The Kier molecular flexibility index (Phi) is 2.38. The Labute approximate surface area is 88.7 Å². The summed E-state index contributed by atoms with van der Waals surface area (Å²) in [6.45, 7) is 0. The third kappa shape index (κ3) is 1.92. The molecule has 1 heterocycles. The maximum Gasteiger partial charge on any atom is 0.292 e. The minimum absolute atomic E-state index is 0.165. The lowest BCUT2D eigenvalue weighted by atomic mass is 10.2. The Morgan fingerprint density at radius 3 is 2.46 bits per heavy atom. The van der Waals surface area contributed by atoms with Crippen molar-refractivity contribution in [2.45, 2.75) is 0 Å². The third-order valence-corrected chi connectivity index (χ3v) is 2.32. The van der Waals surface area contributed by atoms with Crippen LogP contribution in [0.15, 0.2) is 39.4 Å². The van der Waals surface area contributed by atoms with E-state index in [1.165, 1.54) is 6.26 Å². The molecule has 0 aliphatic carbocycles. The summed E-state index contributed by atoms with van der Waals surface area (Å²) in [5.74, 6) is 0. The average Bonchev–Trinajstić information content (AvgIpc) is 2.53. The van der Waals surface area contributed by atoms with Gasteiger partial charge in [0.1, 0.15) is 12.0 Å². The summed E-state index contributed by atoms with van der Waals surface area (Å²) in [5, 5.41) is 0.165. The van der Waals surface area contributed by atoms with E-state index in [-0.39, 0.29) is 5.35 Å². The first-order valence-electron chi connectivity index (χ1n) is 3.63. The molecule has 1 aromatic carbocycles. The highest BCUT2D eigenvalue weighted by molar-refractivity contribution is 9.10. The monoisotopic (exact) mass is 257 g/mol. The van der Waals surface area contributed by atoms with Crippen LogP contribution in [0.3, 0.4) is 0 Å². The molecule has 0 atom stereocenters. The molecule has 0 aliphatic rings. The maximum atomic E-state index is 5.55. The second-order valence-electron chi connectivity index (χ2n) is 2.49. The molecule has 0 bridgehead atoms. The van der Waals surface area contributed by atoms with Crippen LogP contribution in [-0.4, -0.2) is 4.98 Å². The number of nitrogens with zero attached hydrogens (tertiary/aromatic N) is 1. The van der Waals surface area contributed by atoms with Gasteiger partial charge in [-0.2, -0.15) is 4.98 Å². The van der Waals surface area contributed by atoms with Gasteiger partial charge in [-0.15, -0.1) is 0 Å². The van der Waals surface area contributed by atoms with E-state index in [4.69, 9.17) is 16.0 Å². The molecule has 2 rings (SSSR count). The summed E-state index contributed by atoms with van der Waals surface area (Å²) in [7, 11) is 0. The minimum atomic E-state index is 0.165. The van der Waals surface area contributed by atoms with Crippen LogP contribution in [0.25, 0.3) is 11.3 Å². The van der Waals surface area contributed by atoms with Crippen LogP contribution in [0.2, 0.25) is 5.35 Å². The van der Waals surface area contributed by atoms with E-state index >= 15 is 0 Å². The highest BCUT2D eigenvalue weighted by Crippen LogP contribution is 2.22. The van der Waals surface area contributed by atoms with E-state index in [1.54, 1.807) is 0 Å². The average molecular weight is 259 g/mol. The van der Waals surface area contributed by atoms with Gasteiger partial charge in [0.15, 0.2) is 0 Å². The van der Waals surface area contributed by atoms with Crippen LogP contribution in [-0.2, 0) is 0 Å². The Morgan fingerprint density at radius 1 is 1.23 bits per heavy atom. The second-order valence-corrected chi connectivity index (χ2v) is 3.73. The largest absolute Gasteiger partial charge is 0.436 e. The lowest BCUT2D eigenvalue weighted by Gasteiger charge is -1.94. The Morgan fingerprint density at radius 2 is 1.92 bits per heavy atom. The van der Waals surface area contributed by atoms with Crippen molar-refractivity contribution in [3.8, 4) is 11.3 Å². The van der Waals surface area contributed by atoms with Gasteiger partial charge in [-0.05, 0) is 23.7 Å². The van der Waals surface area contributed by atoms with Gasteiger partial charge in [-0.3, -0.25) is 0 Å². The van der Waals surface area contributed by atoms with Gasteiger partial charge in [0, 0.05) is 10.0 Å². The summed E-state index contributed by atoms with van der Waals surface area (Å²) in [5.41, 5.74) is 1.73. The molecule has 0 aliphatic heterocycles. The molecule has 4 heteroatoms. The number of halogens is 2. The molecule has 0 amide bonds. The number of benzene rings is 1. The molecule has 0 spiro atoms. The lowest BCUT2D eigenvalue weighted by molar-refractivity contribution is 0.560. The second kappa shape index (κ2) is 3.52. The number of rotatable bonds is 1. The first kappa shape index (κ1) is 8.78. The fraction of sp³-hybridized carbons (Fsp3) is 0. The molecule has 1 aromatic heterocycles. The number of hydrogen-bond acceptors (Lipinski definition) is 2. The SMILES string of the molecule is Clc1nc(-c2ccc(Br)cc2)co1. The summed E-state index contributed by atoms with van der Waals surface area (Å²) in [6, 6.07) is 7.77. The molecule has 0 unspecified atom stereocenters. The van der Waals surface area contributed by atoms with Gasteiger partial charge in [-0.1, -0.05) is 28.1 Å². The fourth-order valence-electron chi connectivity index (χ4n) is 1.01. The minimum Gasteiger partial charge on any atom is -0.436 e. The topological polar surface area (TPSA) is 26.0 Å². The van der Waals surface area contributed by atoms with Gasteiger partial charge in [-0.25, -0.2) is 0 Å². The van der Waals surface area contributed by atoms with Gasteiger partial charge in [0.05, 0.1) is 0 Å². The van der Waals surface area contributed by atoms with Crippen molar-refractivity contribution in [3.05, 3.63) is 40.4 Å². The van der Waals surface area contributed by atoms with E-state index in [0.717, 1.165) is 15.7 Å². The van der Waals surface area contributed by atoms with Crippen molar-refractivity contribution in [3.63, 3.8) is 0 Å². The van der Waals surface area contributed by atoms with Crippen molar-refractivity contribution in [1.29, 1.82) is 0 Å². The highest BCUT2D eigenvalue weighted by atomic mass is 79.9. The molecule has 0 saturated carbocycles. The molecule has 0 N–H and O–H groups in total. The first-order valence-corrected chi connectivity index (χ1v) is 4.80. The lowest BCUT2D eigenvalue weighted by Crippen LogP contribution is -1.75. The van der Waals surface area contributed by atoms with Crippen molar-refractivity contribution in [2.24, 2.45) is 0 Å². The van der Waals surface area contributed by atoms with Crippen LogP contribution in [0.4, 0.5) is 0 Å². The summed E-state index contributed by atoms with van der Waals surface area (Å²) >= 11 is 8.91. The van der Waals surface area contributed by atoms with E-state index < -0.39 is 0 Å². The van der Waals surface area contributed by atoms with Crippen LogP contribution >= 0.6 is 27.5 Å². The molecule has 0 radical (unpaired) electrons. The third-order valence-electron chi connectivity index (χ3n) is 1.62. The van der Waals surface area contributed by atoms with Crippen LogP contribution in [0, 0.1) is 0 Å². The Bertz CT molecular complexity index is 410. The number of aromatic nitrogens is 1. The molecule has 66 valence electrons. The van der Waals surface area contributed by atoms with E-state index in [2.05, 4.69) is 20.9 Å². The van der Waals surface area contributed by atoms with Crippen molar-refractivity contribution >= 4 is 27.5 Å². The number of hydrogen-bond donors (Lipinski definition) is 0. The zero-order valence-corrected chi connectivity index (χ0v) is 8.84. The zero-order valence-electron chi connectivity index (χ0n) is 6.50. The standard InChI is InChI=1S/C9H5BrClNO/c10-7-3-1-6(2-4-7)8-5-13-9(11)12-8/h1-5H. The van der Waals surface area contributed by atoms with Crippen molar-refractivity contribution in [1.82, 2.24) is 4.98 Å². The quantitative estimate of drug-likeness (QED) is 0.778. The van der Waals surface area contributed by atoms with Crippen molar-refractivity contribution in [2.75, 3.05) is 0 Å². The molecular weight excluding hydrogens is 253 g/mol. The van der Waals surface area contributed by atoms with Gasteiger partial charge in [0.2, 0.25) is 0 Å². The van der Waals surface area contributed by atoms with Crippen LogP contribution in [0.5, 0.6) is 0 Å². The first-order chi connectivity index (χ1) is 6.25.